The van der Waals surface area contributed by atoms with Gasteiger partial charge >= 0.3 is 11.9 Å². The predicted octanol–water partition coefficient (Wildman–Crippen LogP) is 5.07. The third-order valence-electron chi connectivity index (χ3n) is 5.42. The van der Waals surface area contributed by atoms with Crippen LogP contribution >= 0.6 is 0 Å². The van der Waals surface area contributed by atoms with Gasteiger partial charge in [0.05, 0.1) is 11.3 Å². The normalized spacial score (nSPS) is 17.6. The molecular weight excluding hydrogens is 292 g/mol. The predicted molar refractivity (Wildman–Crippen MR) is 93.4 cm³/mol. The number of carboxylic acids is 2. The summed E-state index contributed by atoms with van der Waals surface area (Å²) in [5.41, 5.74) is -1.24. The van der Waals surface area contributed by atoms with Crippen molar-refractivity contribution in [2.45, 2.75) is 80.6 Å². The van der Waals surface area contributed by atoms with Crippen LogP contribution in [0.5, 0.6) is 0 Å². The molecule has 0 amide bonds. The Hall–Kier alpha value is -1.06. The number of aliphatic carboxylic acids is 2. The maximum Gasteiger partial charge on any atom is 0.310 e. The molecule has 0 saturated carbocycles. The van der Waals surface area contributed by atoms with E-state index in [-0.39, 0.29) is 17.3 Å². The molecular formula is C19H36O4. The van der Waals surface area contributed by atoms with Crippen molar-refractivity contribution in [3.05, 3.63) is 0 Å². The van der Waals surface area contributed by atoms with Gasteiger partial charge in [0.15, 0.2) is 0 Å². The summed E-state index contributed by atoms with van der Waals surface area (Å²) >= 11 is 0. The highest BCUT2D eigenvalue weighted by atomic mass is 16.4. The van der Waals surface area contributed by atoms with E-state index in [0.29, 0.717) is 19.3 Å². The average Bonchev–Trinajstić information content (AvgIpc) is 2.40. The van der Waals surface area contributed by atoms with Crippen LogP contribution in [0.2, 0.25) is 0 Å². The number of hydrogen-bond donors (Lipinski definition) is 2. The summed E-state index contributed by atoms with van der Waals surface area (Å²) in [7, 11) is 0. The van der Waals surface area contributed by atoms with Crippen LogP contribution < -0.4 is 0 Å². The van der Waals surface area contributed by atoms with Crippen molar-refractivity contribution in [2.24, 2.45) is 28.6 Å². The zero-order valence-corrected chi connectivity index (χ0v) is 16.0. The number of rotatable bonds is 10. The topological polar surface area (TPSA) is 74.6 Å². The van der Waals surface area contributed by atoms with Crippen LogP contribution in [0.3, 0.4) is 0 Å². The molecule has 0 aliphatic carbocycles. The van der Waals surface area contributed by atoms with E-state index in [1.165, 1.54) is 0 Å². The lowest BCUT2D eigenvalue weighted by Crippen LogP contribution is -2.48. The first-order valence-electron chi connectivity index (χ1n) is 8.92. The van der Waals surface area contributed by atoms with Crippen molar-refractivity contribution >= 4 is 11.9 Å². The van der Waals surface area contributed by atoms with E-state index in [0.717, 1.165) is 12.8 Å². The molecule has 136 valence electrons. The van der Waals surface area contributed by atoms with Crippen molar-refractivity contribution in [1.82, 2.24) is 0 Å². The summed E-state index contributed by atoms with van der Waals surface area (Å²) in [6, 6.07) is 0. The molecule has 0 aromatic heterocycles. The van der Waals surface area contributed by atoms with Crippen molar-refractivity contribution in [2.75, 3.05) is 0 Å². The molecule has 3 unspecified atom stereocenters. The standard InChI is InChI=1S/C19H36O4/c1-8-14(9-2)11-15(16(20)21)19(10-3,17(22)23)13(4)12-18(5,6)7/h13-15H,8-12H2,1-7H3,(H,20,21)(H,22,23). The van der Waals surface area contributed by atoms with E-state index < -0.39 is 23.3 Å². The minimum atomic E-state index is -1.21. The maximum absolute atomic E-state index is 12.2. The van der Waals surface area contributed by atoms with Crippen LogP contribution in [0.25, 0.3) is 0 Å². The van der Waals surface area contributed by atoms with Crippen molar-refractivity contribution in [3.63, 3.8) is 0 Å². The van der Waals surface area contributed by atoms with Gasteiger partial charge in [0.1, 0.15) is 0 Å². The fourth-order valence-electron chi connectivity index (χ4n) is 4.04. The molecule has 0 radical (unpaired) electrons. The molecule has 0 aliphatic heterocycles. The van der Waals surface area contributed by atoms with Gasteiger partial charge in [-0.15, -0.1) is 0 Å². The van der Waals surface area contributed by atoms with E-state index in [1.54, 1.807) is 0 Å². The molecule has 3 atom stereocenters. The third kappa shape index (κ3) is 5.50. The van der Waals surface area contributed by atoms with Gasteiger partial charge in [-0.05, 0) is 36.5 Å². The lowest BCUT2D eigenvalue weighted by molar-refractivity contribution is -0.170. The Morgan fingerprint density at radius 3 is 1.74 bits per heavy atom. The molecule has 0 saturated heterocycles. The molecule has 0 bridgehead atoms. The SMILES string of the molecule is CCC(CC)CC(C(=O)O)C(CC)(C(=O)O)C(C)CC(C)(C)C. The first-order chi connectivity index (χ1) is 10.5. The van der Waals surface area contributed by atoms with Gasteiger partial charge in [-0.25, -0.2) is 0 Å². The van der Waals surface area contributed by atoms with Crippen molar-refractivity contribution in [1.29, 1.82) is 0 Å². The Balaban J connectivity index is 5.87. The van der Waals surface area contributed by atoms with Crippen LogP contribution in [-0.2, 0) is 9.59 Å². The van der Waals surface area contributed by atoms with Gasteiger partial charge in [0.2, 0.25) is 0 Å². The molecule has 0 aliphatic rings. The van der Waals surface area contributed by atoms with E-state index >= 15 is 0 Å². The first kappa shape index (κ1) is 21.9. The van der Waals surface area contributed by atoms with E-state index in [2.05, 4.69) is 20.8 Å². The zero-order valence-electron chi connectivity index (χ0n) is 16.0. The molecule has 0 aromatic carbocycles. The van der Waals surface area contributed by atoms with Crippen LogP contribution in [0.15, 0.2) is 0 Å². The highest BCUT2D eigenvalue weighted by Crippen LogP contribution is 2.47. The maximum atomic E-state index is 12.2. The fraction of sp³-hybridized carbons (Fsp3) is 0.895. The molecule has 0 aromatic rings. The van der Waals surface area contributed by atoms with Crippen molar-refractivity contribution in [3.8, 4) is 0 Å². The van der Waals surface area contributed by atoms with Gasteiger partial charge in [0, 0.05) is 0 Å². The number of hydrogen-bond acceptors (Lipinski definition) is 2. The Labute approximate surface area is 141 Å². The summed E-state index contributed by atoms with van der Waals surface area (Å²) in [4.78, 5) is 24.2. The minimum absolute atomic E-state index is 0.0345. The lowest BCUT2D eigenvalue weighted by atomic mass is 9.60. The lowest BCUT2D eigenvalue weighted by Gasteiger charge is -2.42. The van der Waals surface area contributed by atoms with Crippen LogP contribution in [0.1, 0.15) is 80.6 Å². The monoisotopic (exact) mass is 328 g/mol. The molecule has 0 fully saturated rings. The Morgan fingerprint density at radius 1 is 1.00 bits per heavy atom. The largest absolute Gasteiger partial charge is 0.481 e. The van der Waals surface area contributed by atoms with Crippen LogP contribution in [0.4, 0.5) is 0 Å². The summed E-state index contributed by atoms with van der Waals surface area (Å²) in [5, 5.41) is 19.8. The molecule has 23 heavy (non-hydrogen) atoms. The van der Waals surface area contributed by atoms with Gasteiger partial charge in [-0.1, -0.05) is 61.3 Å². The minimum Gasteiger partial charge on any atom is -0.481 e. The quantitative estimate of drug-likeness (QED) is 0.587. The Bertz CT molecular complexity index is 393. The van der Waals surface area contributed by atoms with Crippen LogP contribution in [-0.4, -0.2) is 22.2 Å². The summed E-state index contributed by atoms with van der Waals surface area (Å²) < 4.78 is 0. The molecule has 0 spiro atoms. The van der Waals surface area contributed by atoms with E-state index in [9.17, 15) is 19.8 Å². The second kappa shape index (κ2) is 8.70. The number of carbonyl (C=O) groups is 2. The van der Waals surface area contributed by atoms with Gasteiger partial charge in [-0.2, -0.15) is 0 Å². The van der Waals surface area contributed by atoms with Crippen molar-refractivity contribution < 1.29 is 19.8 Å². The Kier molecular flexibility index (Phi) is 8.30. The highest BCUT2D eigenvalue weighted by molar-refractivity contribution is 5.83. The number of carboxylic acid groups (broad SMARTS) is 2. The smallest absolute Gasteiger partial charge is 0.310 e. The first-order valence-corrected chi connectivity index (χ1v) is 8.92. The summed E-state index contributed by atoms with van der Waals surface area (Å²) in [6.07, 6.45) is 3.24. The van der Waals surface area contributed by atoms with E-state index in [1.807, 2.05) is 27.7 Å². The second-order valence-electron chi connectivity index (χ2n) is 8.17. The molecule has 4 nitrogen and oxygen atoms in total. The van der Waals surface area contributed by atoms with Gasteiger partial charge < -0.3 is 10.2 Å². The third-order valence-corrected chi connectivity index (χ3v) is 5.42. The van der Waals surface area contributed by atoms with Crippen LogP contribution in [0, 0.1) is 28.6 Å². The molecule has 4 heteroatoms. The Morgan fingerprint density at radius 2 is 1.48 bits per heavy atom. The highest BCUT2D eigenvalue weighted by Gasteiger charge is 2.52. The molecule has 0 heterocycles. The zero-order chi connectivity index (χ0) is 18.4. The fourth-order valence-corrected chi connectivity index (χ4v) is 4.04. The average molecular weight is 328 g/mol. The molecule has 2 N–H and O–H groups in total. The summed E-state index contributed by atoms with van der Waals surface area (Å²) in [6.45, 7) is 14.0. The summed E-state index contributed by atoms with van der Waals surface area (Å²) in [5.74, 6) is -2.71. The molecule has 0 rings (SSSR count). The second-order valence-corrected chi connectivity index (χ2v) is 8.17. The van der Waals surface area contributed by atoms with Gasteiger partial charge in [-0.3, -0.25) is 9.59 Å². The van der Waals surface area contributed by atoms with Gasteiger partial charge in [0.25, 0.3) is 0 Å². The van der Waals surface area contributed by atoms with E-state index in [4.69, 9.17) is 0 Å².